The normalized spacial score (nSPS) is 17.9. The first-order chi connectivity index (χ1) is 5.52. The van der Waals surface area contributed by atoms with Crippen molar-refractivity contribution in [3.05, 3.63) is 0 Å². The zero-order valence-corrected chi connectivity index (χ0v) is 8.40. The van der Waals surface area contributed by atoms with Gasteiger partial charge in [0.1, 0.15) is 5.54 Å². The minimum absolute atomic E-state index is 0.195. The van der Waals surface area contributed by atoms with Gasteiger partial charge in [-0.1, -0.05) is 6.92 Å². The summed E-state index contributed by atoms with van der Waals surface area (Å²) in [5.74, 6) is 1.75. The number of thioether (sulfide) groups is 1. The van der Waals surface area contributed by atoms with Gasteiger partial charge in [0.15, 0.2) is 0 Å². The molecule has 0 aromatic rings. The summed E-state index contributed by atoms with van der Waals surface area (Å²) in [6.07, 6.45) is 0. The molecule has 3 nitrogen and oxygen atoms in total. The molecule has 0 amide bonds. The Kier molecular flexibility index (Phi) is 5.31. The molecule has 0 heterocycles. The average Bonchev–Trinajstić information content (AvgIpc) is 2.04. The third-order valence-electron chi connectivity index (χ3n) is 1.37. The van der Waals surface area contributed by atoms with Crippen molar-refractivity contribution in [2.24, 2.45) is 11.7 Å². The van der Waals surface area contributed by atoms with Crippen LogP contribution >= 0.6 is 11.8 Å². The minimum atomic E-state index is -0.736. The molecular weight excluding hydrogens is 172 g/mol. The van der Waals surface area contributed by atoms with Crippen molar-refractivity contribution in [2.45, 2.75) is 19.4 Å². The van der Waals surface area contributed by atoms with Crippen LogP contribution in [0.2, 0.25) is 0 Å². The molecular formula is C8H16N2OS. The van der Waals surface area contributed by atoms with Crippen molar-refractivity contribution in [1.29, 1.82) is 5.26 Å². The number of nitriles is 1. The smallest absolute Gasteiger partial charge is 0.110 e. The number of rotatable bonds is 5. The minimum Gasteiger partial charge on any atom is -0.396 e. The lowest BCUT2D eigenvalue weighted by molar-refractivity contribution is 0.250. The first-order valence-corrected chi connectivity index (χ1v) is 5.06. The molecule has 0 aliphatic rings. The topological polar surface area (TPSA) is 70.0 Å². The van der Waals surface area contributed by atoms with Crippen LogP contribution in [0.5, 0.6) is 0 Å². The highest BCUT2D eigenvalue weighted by molar-refractivity contribution is 7.99. The Balaban J connectivity index is 3.51. The van der Waals surface area contributed by atoms with Crippen molar-refractivity contribution >= 4 is 11.8 Å². The zero-order chi connectivity index (χ0) is 9.61. The van der Waals surface area contributed by atoms with E-state index < -0.39 is 5.54 Å². The largest absolute Gasteiger partial charge is 0.396 e. The van der Waals surface area contributed by atoms with Crippen LogP contribution in [0, 0.1) is 17.2 Å². The van der Waals surface area contributed by atoms with E-state index in [1.165, 1.54) is 0 Å². The Morgan fingerprint density at radius 2 is 2.33 bits per heavy atom. The fraction of sp³-hybridized carbons (Fsp3) is 0.875. The number of nitrogens with two attached hydrogens (primary N) is 1. The van der Waals surface area contributed by atoms with Crippen molar-refractivity contribution in [1.82, 2.24) is 0 Å². The van der Waals surface area contributed by atoms with Crippen LogP contribution in [0.15, 0.2) is 0 Å². The monoisotopic (exact) mass is 188 g/mol. The molecule has 0 saturated heterocycles. The molecule has 0 aromatic heterocycles. The summed E-state index contributed by atoms with van der Waals surface area (Å²) in [6, 6.07) is 2.03. The maximum absolute atomic E-state index is 8.71. The highest BCUT2D eigenvalue weighted by Gasteiger charge is 2.17. The van der Waals surface area contributed by atoms with Gasteiger partial charge < -0.3 is 10.8 Å². The molecule has 0 aliphatic heterocycles. The predicted octanol–water partition coefficient (Wildman–Crippen LogP) is 0.589. The van der Waals surface area contributed by atoms with Crippen molar-refractivity contribution < 1.29 is 5.11 Å². The first kappa shape index (κ1) is 11.8. The molecule has 70 valence electrons. The van der Waals surface area contributed by atoms with Crippen LogP contribution in [0.3, 0.4) is 0 Å². The molecule has 0 aliphatic carbocycles. The van der Waals surface area contributed by atoms with E-state index in [9.17, 15) is 0 Å². The lowest BCUT2D eigenvalue weighted by Gasteiger charge is -2.15. The van der Waals surface area contributed by atoms with Crippen LogP contribution in [0.1, 0.15) is 13.8 Å². The van der Waals surface area contributed by atoms with Gasteiger partial charge in [-0.3, -0.25) is 0 Å². The Morgan fingerprint density at radius 3 is 2.75 bits per heavy atom. The molecule has 0 fully saturated rings. The SMILES string of the molecule is CC(CO)CSCC(C)(N)C#N. The van der Waals surface area contributed by atoms with E-state index >= 15 is 0 Å². The summed E-state index contributed by atoms with van der Waals surface area (Å²) < 4.78 is 0. The Labute approximate surface area is 77.9 Å². The molecule has 4 heteroatoms. The maximum atomic E-state index is 8.71. The third-order valence-corrected chi connectivity index (χ3v) is 2.98. The predicted molar refractivity (Wildman–Crippen MR) is 51.8 cm³/mol. The molecule has 2 atom stereocenters. The summed E-state index contributed by atoms with van der Waals surface area (Å²) in [5, 5.41) is 17.3. The second kappa shape index (κ2) is 5.41. The number of aliphatic hydroxyl groups is 1. The van der Waals surface area contributed by atoms with Crippen LogP contribution in [-0.4, -0.2) is 28.8 Å². The van der Waals surface area contributed by atoms with E-state index in [4.69, 9.17) is 16.1 Å². The summed E-state index contributed by atoms with van der Waals surface area (Å²) in [7, 11) is 0. The fourth-order valence-electron chi connectivity index (χ4n) is 0.557. The number of hydrogen-bond acceptors (Lipinski definition) is 4. The van der Waals surface area contributed by atoms with Gasteiger partial charge in [-0.25, -0.2) is 0 Å². The molecule has 2 unspecified atom stereocenters. The van der Waals surface area contributed by atoms with Gasteiger partial charge in [-0.15, -0.1) is 0 Å². The molecule has 12 heavy (non-hydrogen) atoms. The van der Waals surface area contributed by atoms with Gasteiger partial charge in [0.25, 0.3) is 0 Å². The second-order valence-corrected chi connectivity index (χ2v) is 4.36. The lowest BCUT2D eigenvalue weighted by atomic mass is 10.1. The number of hydrogen-bond donors (Lipinski definition) is 2. The molecule has 0 bridgehead atoms. The molecule has 0 saturated carbocycles. The van der Waals surface area contributed by atoms with E-state index in [-0.39, 0.29) is 12.5 Å². The highest BCUT2D eigenvalue weighted by atomic mass is 32.2. The van der Waals surface area contributed by atoms with Gasteiger partial charge in [0, 0.05) is 12.4 Å². The van der Waals surface area contributed by atoms with E-state index in [2.05, 4.69) is 0 Å². The highest BCUT2D eigenvalue weighted by Crippen LogP contribution is 2.13. The van der Waals surface area contributed by atoms with Gasteiger partial charge in [0.05, 0.1) is 6.07 Å². The Morgan fingerprint density at radius 1 is 1.75 bits per heavy atom. The molecule has 0 radical (unpaired) electrons. The average molecular weight is 188 g/mol. The summed E-state index contributed by atoms with van der Waals surface area (Å²) in [6.45, 7) is 3.87. The van der Waals surface area contributed by atoms with Crippen LogP contribution in [0.4, 0.5) is 0 Å². The molecule has 0 rings (SSSR count). The Bertz CT molecular complexity index is 165. The summed E-state index contributed by atoms with van der Waals surface area (Å²) in [5.41, 5.74) is 4.86. The fourth-order valence-corrected chi connectivity index (χ4v) is 1.67. The second-order valence-electron chi connectivity index (χ2n) is 3.33. The van der Waals surface area contributed by atoms with Crippen LogP contribution in [0.25, 0.3) is 0 Å². The van der Waals surface area contributed by atoms with Crippen LogP contribution in [-0.2, 0) is 0 Å². The van der Waals surface area contributed by atoms with E-state index in [0.717, 1.165) is 5.75 Å². The van der Waals surface area contributed by atoms with Crippen molar-refractivity contribution in [2.75, 3.05) is 18.1 Å². The van der Waals surface area contributed by atoms with Gasteiger partial charge in [-0.2, -0.15) is 17.0 Å². The molecule has 0 aromatic carbocycles. The summed E-state index contributed by atoms with van der Waals surface area (Å²) >= 11 is 1.61. The van der Waals surface area contributed by atoms with Gasteiger partial charge >= 0.3 is 0 Å². The Hall–Kier alpha value is -0.240. The zero-order valence-electron chi connectivity index (χ0n) is 7.58. The molecule has 0 spiro atoms. The molecule has 3 N–H and O–H groups in total. The van der Waals surface area contributed by atoms with E-state index in [1.807, 2.05) is 13.0 Å². The summed E-state index contributed by atoms with van der Waals surface area (Å²) in [4.78, 5) is 0. The number of nitrogens with zero attached hydrogens (tertiary/aromatic N) is 1. The van der Waals surface area contributed by atoms with Crippen molar-refractivity contribution in [3.63, 3.8) is 0 Å². The standard InChI is InChI=1S/C8H16N2OS/c1-7(3-11)4-12-6-8(2,10)5-9/h7,11H,3-4,6,10H2,1-2H3. The number of aliphatic hydroxyl groups excluding tert-OH is 1. The lowest BCUT2D eigenvalue weighted by Crippen LogP contribution is -2.37. The van der Waals surface area contributed by atoms with Crippen LogP contribution < -0.4 is 5.73 Å². The quantitative estimate of drug-likeness (QED) is 0.662. The van der Waals surface area contributed by atoms with Gasteiger partial charge in [-0.05, 0) is 18.6 Å². The van der Waals surface area contributed by atoms with Gasteiger partial charge in [0.2, 0.25) is 0 Å². The van der Waals surface area contributed by atoms with Crippen molar-refractivity contribution in [3.8, 4) is 6.07 Å². The third kappa shape index (κ3) is 5.42. The first-order valence-electron chi connectivity index (χ1n) is 3.90. The maximum Gasteiger partial charge on any atom is 0.110 e. The van der Waals surface area contributed by atoms with E-state index in [0.29, 0.717) is 5.75 Å². The van der Waals surface area contributed by atoms with E-state index in [1.54, 1.807) is 18.7 Å².